The van der Waals surface area contributed by atoms with Crippen LogP contribution in [0.3, 0.4) is 0 Å². The number of hydrogen-bond acceptors (Lipinski definition) is 4. The van der Waals surface area contributed by atoms with E-state index in [1.165, 1.54) is 0 Å². The highest BCUT2D eigenvalue weighted by atomic mass is 16.1. The van der Waals surface area contributed by atoms with Gasteiger partial charge in [-0.3, -0.25) is 4.79 Å². The van der Waals surface area contributed by atoms with Crippen molar-refractivity contribution in [2.45, 2.75) is 31.7 Å². The second-order valence-electron chi connectivity index (χ2n) is 5.60. The van der Waals surface area contributed by atoms with Crippen molar-refractivity contribution in [3.05, 3.63) is 29.3 Å². The number of anilines is 1. The molecule has 20 heavy (non-hydrogen) atoms. The molecule has 0 bridgehead atoms. The van der Waals surface area contributed by atoms with Crippen LogP contribution in [0.4, 0.5) is 5.69 Å². The van der Waals surface area contributed by atoms with E-state index >= 15 is 0 Å². The van der Waals surface area contributed by atoms with Crippen LogP contribution in [0.5, 0.6) is 0 Å². The molecule has 0 amide bonds. The van der Waals surface area contributed by atoms with Crippen LogP contribution in [0.2, 0.25) is 0 Å². The molecule has 3 unspecified atom stereocenters. The van der Waals surface area contributed by atoms with Crippen LogP contribution in [0.15, 0.2) is 18.2 Å². The first-order valence-electron chi connectivity index (χ1n) is 7.05. The monoisotopic (exact) mass is 268 g/mol. The summed E-state index contributed by atoms with van der Waals surface area (Å²) in [7, 11) is 0. The van der Waals surface area contributed by atoms with Gasteiger partial charge < -0.3 is 10.1 Å². The van der Waals surface area contributed by atoms with Crippen molar-refractivity contribution in [3.63, 3.8) is 0 Å². The number of fused-ring (bicyclic) bond motifs is 2. The first-order valence-corrected chi connectivity index (χ1v) is 7.05. The summed E-state index contributed by atoms with van der Waals surface area (Å²) < 4.78 is 0. The van der Waals surface area contributed by atoms with Gasteiger partial charge in [0.1, 0.15) is 6.29 Å². The minimum atomic E-state index is -0.144. The van der Waals surface area contributed by atoms with Gasteiger partial charge in [-0.2, -0.15) is 5.26 Å². The predicted molar refractivity (Wildman–Crippen MR) is 74.4 cm³/mol. The van der Waals surface area contributed by atoms with Gasteiger partial charge in [0, 0.05) is 29.1 Å². The molecule has 4 heteroatoms. The largest absolute Gasteiger partial charge is 0.380 e. The molecule has 2 aliphatic rings. The van der Waals surface area contributed by atoms with Crippen molar-refractivity contribution in [2.24, 2.45) is 11.8 Å². The van der Waals surface area contributed by atoms with Gasteiger partial charge in [-0.1, -0.05) is 12.8 Å². The third kappa shape index (κ3) is 2.00. The normalized spacial score (nSPS) is 28.4. The number of benzene rings is 1. The first kappa shape index (κ1) is 12.9. The Labute approximate surface area is 117 Å². The number of nitrogens with one attached hydrogen (secondary N) is 1. The van der Waals surface area contributed by atoms with E-state index in [0.29, 0.717) is 11.1 Å². The third-order valence-corrected chi connectivity index (χ3v) is 4.45. The zero-order valence-corrected chi connectivity index (χ0v) is 11.1. The van der Waals surface area contributed by atoms with E-state index in [4.69, 9.17) is 5.26 Å². The summed E-state index contributed by atoms with van der Waals surface area (Å²) in [6, 6.07) is 7.10. The maximum absolute atomic E-state index is 12.7. The van der Waals surface area contributed by atoms with Crippen molar-refractivity contribution in [3.8, 4) is 6.07 Å². The molecule has 1 aliphatic heterocycles. The molecule has 1 heterocycles. The minimum absolute atomic E-state index is 0.0783. The summed E-state index contributed by atoms with van der Waals surface area (Å²) in [6.07, 6.45) is 4.61. The Balaban J connectivity index is 2.03. The van der Waals surface area contributed by atoms with E-state index in [0.717, 1.165) is 37.7 Å². The number of hydrogen-bond donors (Lipinski definition) is 1. The van der Waals surface area contributed by atoms with Gasteiger partial charge in [-0.05, 0) is 31.0 Å². The molecular weight excluding hydrogens is 252 g/mol. The highest BCUT2D eigenvalue weighted by Gasteiger charge is 2.40. The molecule has 1 aliphatic carbocycles. The standard InChI is InChI=1S/C16H16N2O2/c17-8-10-5-6-14-13(7-10)16(20)12-4-2-1-3-11(9-19)15(12)18-14/h5-7,9,11-12,15,18H,1-4H2. The quantitative estimate of drug-likeness (QED) is 0.795. The van der Waals surface area contributed by atoms with E-state index in [9.17, 15) is 9.59 Å². The van der Waals surface area contributed by atoms with Gasteiger partial charge in [0.2, 0.25) is 0 Å². The fourth-order valence-corrected chi connectivity index (χ4v) is 3.38. The topological polar surface area (TPSA) is 70.0 Å². The summed E-state index contributed by atoms with van der Waals surface area (Å²) >= 11 is 0. The third-order valence-electron chi connectivity index (χ3n) is 4.45. The van der Waals surface area contributed by atoms with Gasteiger partial charge in [-0.15, -0.1) is 0 Å². The average molecular weight is 268 g/mol. The molecule has 0 aromatic heterocycles. The molecule has 1 fully saturated rings. The molecule has 0 spiro atoms. The number of nitriles is 1. The van der Waals surface area contributed by atoms with E-state index in [-0.39, 0.29) is 23.7 Å². The summed E-state index contributed by atoms with van der Waals surface area (Å²) in [5.41, 5.74) is 1.85. The Morgan fingerprint density at radius 2 is 2.10 bits per heavy atom. The summed E-state index contributed by atoms with van der Waals surface area (Å²) in [5, 5.41) is 12.3. The molecule has 1 saturated carbocycles. The molecule has 3 rings (SSSR count). The Morgan fingerprint density at radius 3 is 2.85 bits per heavy atom. The first-order chi connectivity index (χ1) is 9.74. The van der Waals surface area contributed by atoms with Crippen LogP contribution >= 0.6 is 0 Å². The van der Waals surface area contributed by atoms with Gasteiger partial charge in [0.25, 0.3) is 0 Å². The summed E-state index contributed by atoms with van der Waals surface area (Å²) in [4.78, 5) is 24.0. The van der Waals surface area contributed by atoms with Gasteiger partial charge >= 0.3 is 0 Å². The number of Topliss-reactive ketones (excluding diaryl/α,β-unsaturated/α-hetero) is 1. The van der Waals surface area contributed by atoms with Crippen LogP contribution in [0, 0.1) is 23.2 Å². The number of carbonyl (C=O) groups is 2. The number of aldehydes is 1. The Bertz CT molecular complexity index is 603. The van der Waals surface area contributed by atoms with Crippen molar-refractivity contribution in [1.29, 1.82) is 5.26 Å². The molecule has 0 radical (unpaired) electrons. The number of rotatable bonds is 1. The maximum Gasteiger partial charge on any atom is 0.170 e. The summed E-state index contributed by atoms with van der Waals surface area (Å²) in [6.45, 7) is 0. The molecule has 102 valence electrons. The molecular formula is C16H16N2O2. The van der Waals surface area contributed by atoms with Crippen molar-refractivity contribution in [2.75, 3.05) is 5.32 Å². The second kappa shape index (κ2) is 5.09. The smallest absolute Gasteiger partial charge is 0.170 e. The predicted octanol–water partition coefficient (Wildman–Crippen LogP) is 2.54. The lowest BCUT2D eigenvalue weighted by atomic mass is 9.79. The van der Waals surface area contributed by atoms with E-state index in [1.807, 2.05) is 0 Å². The van der Waals surface area contributed by atoms with Crippen LogP contribution in [0.1, 0.15) is 41.6 Å². The minimum Gasteiger partial charge on any atom is -0.380 e. The van der Waals surface area contributed by atoms with E-state index in [2.05, 4.69) is 11.4 Å². The average Bonchev–Trinajstić information content (AvgIpc) is 2.69. The van der Waals surface area contributed by atoms with Gasteiger partial charge in [-0.25, -0.2) is 0 Å². The lowest BCUT2D eigenvalue weighted by molar-refractivity contribution is -0.111. The van der Waals surface area contributed by atoms with E-state index in [1.54, 1.807) is 18.2 Å². The van der Waals surface area contributed by atoms with Crippen molar-refractivity contribution in [1.82, 2.24) is 0 Å². The SMILES string of the molecule is N#Cc1ccc2c(c1)C(=O)C1CCCCC(C=O)C1N2. The molecule has 4 nitrogen and oxygen atoms in total. The molecule has 1 N–H and O–H groups in total. The Morgan fingerprint density at radius 1 is 1.30 bits per heavy atom. The van der Waals surface area contributed by atoms with Gasteiger partial charge in [0.05, 0.1) is 11.6 Å². The van der Waals surface area contributed by atoms with Crippen LogP contribution in [0.25, 0.3) is 0 Å². The zero-order chi connectivity index (χ0) is 14.1. The number of carbonyl (C=O) groups excluding carboxylic acids is 2. The molecule has 1 aromatic carbocycles. The lowest BCUT2D eigenvalue weighted by Gasteiger charge is -2.35. The number of ketones is 1. The van der Waals surface area contributed by atoms with Crippen LogP contribution < -0.4 is 5.32 Å². The van der Waals surface area contributed by atoms with Crippen LogP contribution in [-0.4, -0.2) is 18.1 Å². The van der Waals surface area contributed by atoms with Gasteiger partial charge in [0.15, 0.2) is 5.78 Å². The highest BCUT2D eigenvalue weighted by molar-refractivity contribution is 6.05. The number of nitrogens with zero attached hydrogens (tertiary/aromatic N) is 1. The lowest BCUT2D eigenvalue weighted by Crippen LogP contribution is -2.44. The van der Waals surface area contributed by atoms with Crippen LogP contribution in [-0.2, 0) is 4.79 Å². The Kier molecular flexibility index (Phi) is 3.27. The maximum atomic E-state index is 12.7. The summed E-state index contributed by atoms with van der Waals surface area (Å²) in [5.74, 6) is -0.168. The molecule has 3 atom stereocenters. The molecule has 0 saturated heterocycles. The second-order valence-corrected chi connectivity index (χ2v) is 5.60. The highest BCUT2D eigenvalue weighted by Crippen LogP contribution is 2.37. The fraction of sp³-hybridized carbons (Fsp3) is 0.438. The fourth-order valence-electron chi connectivity index (χ4n) is 3.38. The van der Waals surface area contributed by atoms with E-state index < -0.39 is 0 Å². The Hall–Kier alpha value is -2.15. The molecule has 1 aromatic rings. The van der Waals surface area contributed by atoms with Crippen molar-refractivity contribution < 1.29 is 9.59 Å². The van der Waals surface area contributed by atoms with Crippen molar-refractivity contribution >= 4 is 17.8 Å². The zero-order valence-electron chi connectivity index (χ0n) is 11.1.